The number of nitrogens with zero attached hydrogens (tertiary/aromatic N) is 5. The number of carbonyl (C=O) groups is 1. The minimum Gasteiger partial charge on any atom is -0.379 e. The Bertz CT molecular complexity index is 753. The topological polar surface area (TPSA) is 63.0 Å². The summed E-state index contributed by atoms with van der Waals surface area (Å²) in [6, 6.07) is 2.23. The van der Waals surface area contributed by atoms with Crippen molar-refractivity contribution in [2.45, 2.75) is 19.9 Å². The third-order valence-electron chi connectivity index (χ3n) is 5.16. The van der Waals surface area contributed by atoms with Crippen molar-refractivity contribution in [3.63, 3.8) is 0 Å². The minimum atomic E-state index is 0.0452. The molecule has 2 aliphatic heterocycles. The first kappa shape index (κ1) is 15.5. The Hall–Kier alpha value is -1.99. The summed E-state index contributed by atoms with van der Waals surface area (Å²) in [7, 11) is 0. The Morgan fingerprint density at radius 1 is 1.29 bits per heavy atom. The van der Waals surface area contributed by atoms with Gasteiger partial charge in [0.25, 0.3) is 5.91 Å². The molecule has 0 aromatic carbocycles. The molecule has 24 heavy (non-hydrogen) atoms. The number of amides is 1. The van der Waals surface area contributed by atoms with Crippen molar-refractivity contribution in [2.75, 3.05) is 39.4 Å². The molecule has 2 aliphatic rings. The van der Waals surface area contributed by atoms with Crippen molar-refractivity contribution >= 4 is 11.6 Å². The maximum atomic E-state index is 13.1. The van der Waals surface area contributed by atoms with Gasteiger partial charge in [0.1, 0.15) is 5.56 Å². The summed E-state index contributed by atoms with van der Waals surface area (Å²) in [4.78, 5) is 21.9. The second-order valence-corrected chi connectivity index (χ2v) is 6.75. The number of aryl methyl sites for hydroxylation is 1. The van der Waals surface area contributed by atoms with E-state index < -0.39 is 0 Å². The number of likely N-dealkylation sites (tertiary alicyclic amines) is 1. The maximum absolute atomic E-state index is 13.1. The van der Waals surface area contributed by atoms with Crippen molar-refractivity contribution in [1.82, 2.24) is 24.4 Å². The molecule has 2 fully saturated rings. The second kappa shape index (κ2) is 6.14. The van der Waals surface area contributed by atoms with Crippen LogP contribution in [-0.2, 0) is 4.74 Å². The quantitative estimate of drug-likeness (QED) is 0.817. The normalized spacial score (nSPS) is 25.5. The smallest absolute Gasteiger partial charge is 0.259 e. The number of carbonyl (C=O) groups excluding carboxylic acids is 1. The molecule has 2 saturated heterocycles. The molecule has 2 atom stereocenters. The molecule has 0 spiro atoms. The van der Waals surface area contributed by atoms with Gasteiger partial charge < -0.3 is 9.64 Å². The summed E-state index contributed by atoms with van der Waals surface area (Å²) in [6.45, 7) is 9.13. The number of rotatable bonds is 2. The van der Waals surface area contributed by atoms with Gasteiger partial charge in [-0.1, -0.05) is 6.92 Å². The van der Waals surface area contributed by atoms with Crippen molar-refractivity contribution < 1.29 is 9.53 Å². The lowest BCUT2D eigenvalue weighted by atomic mass is 10.0. The van der Waals surface area contributed by atoms with Gasteiger partial charge in [-0.15, -0.1) is 0 Å². The molecule has 4 heterocycles. The predicted molar refractivity (Wildman–Crippen MR) is 89.0 cm³/mol. The Labute approximate surface area is 141 Å². The monoisotopic (exact) mass is 329 g/mol. The van der Waals surface area contributed by atoms with Gasteiger partial charge in [-0.05, 0) is 18.9 Å². The van der Waals surface area contributed by atoms with Crippen LogP contribution in [0.15, 0.2) is 18.5 Å². The maximum Gasteiger partial charge on any atom is 0.259 e. The highest BCUT2D eigenvalue weighted by Crippen LogP contribution is 2.25. The van der Waals surface area contributed by atoms with E-state index in [1.807, 2.05) is 24.1 Å². The molecule has 0 saturated carbocycles. The Morgan fingerprint density at radius 2 is 2.08 bits per heavy atom. The van der Waals surface area contributed by atoms with Crippen LogP contribution in [0.3, 0.4) is 0 Å². The van der Waals surface area contributed by atoms with E-state index in [0.29, 0.717) is 23.2 Å². The molecule has 0 N–H and O–H groups in total. The molecule has 0 bridgehead atoms. The average molecular weight is 329 g/mol. The fourth-order valence-electron chi connectivity index (χ4n) is 3.90. The summed E-state index contributed by atoms with van der Waals surface area (Å²) >= 11 is 0. The van der Waals surface area contributed by atoms with Crippen LogP contribution in [0.2, 0.25) is 0 Å². The van der Waals surface area contributed by atoms with Gasteiger partial charge in [-0.25, -0.2) is 9.50 Å². The van der Waals surface area contributed by atoms with Crippen LogP contribution in [0.1, 0.15) is 23.0 Å². The molecule has 7 nitrogen and oxygen atoms in total. The van der Waals surface area contributed by atoms with Gasteiger partial charge in [0, 0.05) is 44.6 Å². The first-order valence-corrected chi connectivity index (χ1v) is 8.56. The van der Waals surface area contributed by atoms with Gasteiger partial charge in [0.15, 0.2) is 5.65 Å². The summed E-state index contributed by atoms with van der Waals surface area (Å²) in [5, 5.41) is 4.41. The van der Waals surface area contributed by atoms with Crippen LogP contribution in [0.5, 0.6) is 0 Å². The first-order valence-electron chi connectivity index (χ1n) is 8.56. The number of fused-ring (bicyclic) bond motifs is 1. The minimum absolute atomic E-state index is 0.0452. The lowest BCUT2D eigenvalue weighted by Gasteiger charge is -2.33. The number of hydrogen-bond donors (Lipinski definition) is 0. The molecule has 2 aromatic rings. The van der Waals surface area contributed by atoms with Crippen molar-refractivity contribution in [1.29, 1.82) is 0 Å². The van der Waals surface area contributed by atoms with E-state index >= 15 is 0 Å². The summed E-state index contributed by atoms with van der Waals surface area (Å²) in [5.74, 6) is 0.506. The van der Waals surface area contributed by atoms with E-state index in [9.17, 15) is 4.79 Å². The number of aromatic nitrogens is 3. The largest absolute Gasteiger partial charge is 0.379 e. The van der Waals surface area contributed by atoms with Crippen molar-refractivity contribution in [2.24, 2.45) is 5.92 Å². The van der Waals surface area contributed by atoms with Gasteiger partial charge in [0.05, 0.1) is 18.9 Å². The Kier molecular flexibility index (Phi) is 3.97. The van der Waals surface area contributed by atoms with Crippen LogP contribution in [0.4, 0.5) is 0 Å². The van der Waals surface area contributed by atoms with Crippen molar-refractivity contribution in [3.05, 3.63) is 29.7 Å². The zero-order valence-corrected chi connectivity index (χ0v) is 14.2. The third kappa shape index (κ3) is 2.57. The van der Waals surface area contributed by atoms with Crippen LogP contribution < -0.4 is 0 Å². The zero-order chi connectivity index (χ0) is 16.7. The van der Waals surface area contributed by atoms with E-state index in [1.54, 1.807) is 10.7 Å². The van der Waals surface area contributed by atoms with E-state index in [-0.39, 0.29) is 5.91 Å². The fraction of sp³-hybridized carbons (Fsp3) is 0.588. The first-order chi connectivity index (χ1) is 11.6. The van der Waals surface area contributed by atoms with Gasteiger partial charge in [-0.2, -0.15) is 5.10 Å². The van der Waals surface area contributed by atoms with E-state index in [4.69, 9.17) is 4.74 Å². The highest BCUT2D eigenvalue weighted by molar-refractivity contribution is 6.01. The fourth-order valence-corrected chi connectivity index (χ4v) is 3.90. The molecule has 4 rings (SSSR count). The van der Waals surface area contributed by atoms with Crippen LogP contribution in [-0.4, -0.2) is 75.7 Å². The average Bonchev–Trinajstić information content (AvgIpc) is 3.14. The predicted octanol–water partition coefficient (Wildman–Crippen LogP) is 0.830. The molecular formula is C17H23N5O2. The Morgan fingerprint density at radius 3 is 2.88 bits per heavy atom. The number of ether oxygens (including phenoxy) is 1. The van der Waals surface area contributed by atoms with E-state index in [1.165, 1.54) is 0 Å². The van der Waals surface area contributed by atoms with Crippen LogP contribution >= 0.6 is 0 Å². The standard InChI is InChI=1S/C17H23N5O2/c1-12-10-21(11-14(12)20-6-8-24-9-7-20)17(23)15-13(2)19-22-5-3-4-18-16(15)22/h3-5,12,14H,6-11H2,1-2H3/t12-,14+/m1/s1. The van der Waals surface area contributed by atoms with Gasteiger partial charge in [-0.3, -0.25) is 9.69 Å². The molecule has 2 aromatic heterocycles. The SMILES string of the molecule is Cc1nn2cccnc2c1C(=O)N1C[C@@H](C)[C@@H](N2CCOCC2)C1. The summed E-state index contributed by atoms with van der Waals surface area (Å²) in [5.41, 5.74) is 2.01. The Balaban J connectivity index is 1.57. The molecule has 128 valence electrons. The summed E-state index contributed by atoms with van der Waals surface area (Å²) in [6.07, 6.45) is 3.53. The zero-order valence-electron chi connectivity index (χ0n) is 14.2. The number of hydrogen-bond acceptors (Lipinski definition) is 5. The van der Waals surface area contributed by atoms with Gasteiger partial charge in [0.2, 0.25) is 0 Å². The second-order valence-electron chi connectivity index (χ2n) is 6.75. The number of morpholine rings is 1. The van der Waals surface area contributed by atoms with Crippen LogP contribution in [0, 0.1) is 12.8 Å². The van der Waals surface area contributed by atoms with Crippen LogP contribution in [0.25, 0.3) is 5.65 Å². The summed E-state index contributed by atoms with van der Waals surface area (Å²) < 4.78 is 7.13. The van der Waals surface area contributed by atoms with Crippen molar-refractivity contribution in [3.8, 4) is 0 Å². The molecule has 0 aliphatic carbocycles. The lowest BCUT2D eigenvalue weighted by molar-refractivity contribution is 0.0119. The lowest BCUT2D eigenvalue weighted by Crippen LogP contribution is -2.47. The highest BCUT2D eigenvalue weighted by Gasteiger charge is 2.38. The third-order valence-corrected chi connectivity index (χ3v) is 5.16. The molecule has 7 heteroatoms. The molecular weight excluding hydrogens is 306 g/mol. The highest BCUT2D eigenvalue weighted by atomic mass is 16.5. The van der Waals surface area contributed by atoms with Gasteiger partial charge >= 0.3 is 0 Å². The van der Waals surface area contributed by atoms with E-state index in [0.717, 1.165) is 45.1 Å². The molecule has 1 amide bonds. The molecule has 0 radical (unpaired) electrons. The van der Waals surface area contributed by atoms with E-state index in [2.05, 4.69) is 21.9 Å². The molecule has 0 unspecified atom stereocenters.